The van der Waals surface area contributed by atoms with Crippen molar-refractivity contribution < 1.29 is 19.1 Å². The van der Waals surface area contributed by atoms with Gasteiger partial charge in [0, 0.05) is 41.8 Å². The normalized spacial score (nSPS) is 14.0. The molecule has 1 aliphatic rings. The Morgan fingerprint density at radius 2 is 2.11 bits per heavy atom. The summed E-state index contributed by atoms with van der Waals surface area (Å²) in [5.74, 6) is -0.638. The van der Waals surface area contributed by atoms with Crippen molar-refractivity contribution >= 4 is 34.1 Å². The molecular formula is C20H25N3O4S. The van der Waals surface area contributed by atoms with Crippen LogP contribution in [0.15, 0.2) is 11.4 Å². The van der Waals surface area contributed by atoms with Gasteiger partial charge in [0.2, 0.25) is 11.7 Å². The first-order valence-electron chi connectivity index (χ1n) is 9.51. The number of anilines is 1. The molecule has 0 bridgehead atoms. The van der Waals surface area contributed by atoms with Crippen LogP contribution in [0.1, 0.15) is 53.6 Å². The molecule has 7 nitrogen and oxygen atoms in total. The van der Waals surface area contributed by atoms with E-state index >= 15 is 0 Å². The summed E-state index contributed by atoms with van der Waals surface area (Å²) in [6, 6.07) is 1.85. The smallest absolute Gasteiger partial charge is 0.312 e. The molecule has 8 heteroatoms. The second kappa shape index (κ2) is 8.68. The van der Waals surface area contributed by atoms with E-state index in [0.717, 1.165) is 30.8 Å². The van der Waals surface area contributed by atoms with Crippen molar-refractivity contribution in [2.24, 2.45) is 0 Å². The largest absolute Gasteiger partial charge is 0.457 e. The molecule has 150 valence electrons. The topological polar surface area (TPSA) is 81.5 Å². The number of aryl methyl sites for hydroxylation is 1. The summed E-state index contributed by atoms with van der Waals surface area (Å²) in [4.78, 5) is 42.3. The molecule has 2 aromatic heterocycles. The quantitative estimate of drug-likeness (QED) is 0.500. The van der Waals surface area contributed by atoms with Crippen molar-refractivity contribution in [2.45, 2.75) is 53.0 Å². The van der Waals surface area contributed by atoms with Crippen LogP contribution in [0, 0.1) is 13.8 Å². The third-order valence-electron chi connectivity index (χ3n) is 4.85. The highest BCUT2D eigenvalue weighted by atomic mass is 32.1. The zero-order valence-electron chi connectivity index (χ0n) is 16.5. The standard InChI is InChI=1S/C20H25N3O4S/c1-4-7-22-13(2)9-16(14(22)3)17(24)11-27-19(26)10-15-12-28-20(21-15)23-8-5-6-18(23)25/h9,12H,4-8,10-11H2,1-3H3. The third-order valence-corrected chi connectivity index (χ3v) is 5.77. The summed E-state index contributed by atoms with van der Waals surface area (Å²) in [6.45, 7) is 7.21. The molecule has 0 aromatic carbocycles. The predicted octanol–water partition coefficient (Wildman–Crippen LogP) is 3.07. The first kappa shape index (κ1) is 20.3. The number of ketones is 1. The fourth-order valence-electron chi connectivity index (χ4n) is 3.43. The highest BCUT2D eigenvalue weighted by molar-refractivity contribution is 7.14. The number of Topliss-reactive ketones (excluding diaryl/α,β-unsaturated/α-hetero) is 1. The fraction of sp³-hybridized carbons (Fsp3) is 0.500. The number of carbonyl (C=O) groups excluding carboxylic acids is 3. The molecule has 1 aliphatic heterocycles. The second-order valence-electron chi connectivity index (χ2n) is 6.97. The van der Waals surface area contributed by atoms with Gasteiger partial charge in [0.25, 0.3) is 0 Å². The molecule has 0 unspecified atom stereocenters. The van der Waals surface area contributed by atoms with Crippen molar-refractivity contribution in [1.29, 1.82) is 0 Å². The number of amides is 1. The summed E-state index contributed by atoms with van der Waals surface area (Å²) in [7, 11) is 0. The number of ether oxygens (including phenoxy) is 1. The first-order valence-corrected chi connectivity index (χ1v) is 10.4. The minimum Gasteiger partial charge on any atom is -0.457 e. The average Bonchev–Trinajstić information content (AvgIpc) is 3.35. The molecule has 0 atom stereocenters. The number of hydrogen-bond acceptors (Lipinski definition) is 6. The van der Waals surface area contributed by atoms with Gasteiger partial charge in [-0.05, 0) is 32.8 Å². The van der Waals surface area contributed by atoms with Crippen LogP contribution in [-0.2, 0) is 27.3 Å². The van der Waals surface area contributed by atoms with E-state index in [9.17, 15) is 14.4 Å². The van der Waals surface area contributed by atoms with Gasteiger partial charge in [-0.3, -0.25) is 19.3 Å². The lowest BCUT2D eigenvalue weighted by Crippen LogP contribution is -2.23. The van der Waals surface area contributed by atoms with Gasteiger partial charge in [0.05, 0.1) is 12.1 Å². The lowest BCUT2D eigenvalue weighted by molar-refractivity contribution is -0.141. The summed E-state index contributed by atoms with van der Waals surface area (Å²) >= 11 is 1.34. The van der Waals surface area contributed by atoms with Crippen LogP contribution in [0.3, 0.4) is 0 Å². The van der Waals surface area contributed by atoms with Gasteiger partial charge < -0.3 is 9.30 Å². The highest BCUT2D eigenvalue weighted by Gasteiger charge is 2.24. The molecule has 1 fully saturated rings. The lowest BCUT2D eigenvalue weighted by atomic mass is 10.1. The minimum absolute atomic E-state index is 0.0132. The molecule has 0 saturated carbocycles. The minimum atomic E-state index is -0.500. The van der Waals surface area contributed by atoms with Crippen LogP contribution < -0.4 is 4.90 Å². The molecule has 28 heavy (non-hydrogen) atoms. The van der Waals surface area contributed by atoms with E-state index in [4.69, 9.17) is 4.74 Å². The van der Waals surface area contributed by atoms with Crippen LogP contribution in [0.2, 0.25) is 0 Å². The van der Waals surface area contributed by atoms with E-state index < -0.39 is 5.97 Å². The molecule has 0 radical (unpaired) electrons. The van der Waals surface area contributed by atoms with Gasteiger partial charge in [-0.2, -0.15) is 0 Å². The van der Waals surface area contributed by atoms with Crippen molar-refractivity contribution in [3.05, 3.63) is 34.1 Å². The number of thiazole rings is 1. The fourth-order valence-corrected chi connectivity index (χ4v) is 4.29. The van der Waals surface area contributed by atoms with Gasteiger partial charge in [-0.1, -0.05) is 6.92 Å². The van der Waals surface area contributed by atoms with Crippen LogP contribution >= 0.6 is 11.3 Å². The van der Waals surface area contributed by atoms with Gasteiger partial charge in [0.1, 0.15) is 0 Å². The Hall–Kier alpha value is -2.48. The SMILES string of the molecule is CCCn1c(C)cc(C(=O)COC(=O)Cc2csc(N3CCCC3=O)n2)c1C. The Morgan fingerprint density at radius 1 is 1.32 bits per heavy atom. The Bertz CT molecular complexity index is 899. The molecule has 1 saturated heterocycles. The molecule has 0 aliphatic carbocycles. The van der Waals surface area contributed by atoms with Gasteiger partial charge in [0.15, 0.2) is 11.7 Å². The van der Waals surface area contributed by atoms with Gasteiger partial charge in [-0.25, -0.2) is 4.98 Å². The molecular weight excluding hydrogens is 378 g/mol. The molecule has 0 spiro atoms. The van der Waals surface area contributed by atoms with Gasteiger partial charge in [-0.15, -0.1) is 11.3 Å². The maximum Gasteiger partial charge on any atom is 0.312 e. The summed E-state index contributed by atoms with van der Waals surface area (Å²) in [5, 5.41) is 2.37. The summed E-state index contributed by atoms with van der Waals surface area (Å²) in [5.41, 5.74) is 3.08. The number of nitrogens with zero attached hydrogens (tertiary/aromatic N) is 3. The maximum absolute atomic E-state index is 12.5. The number of carbonyl (C=O) groups is 3. The summed E-state index contributed by atoms with van der Waals surface area (Å²) in [6.07, 6.45) is 2.34. The predicted molar refractivity (Wildman–Crippen MR) is 107 cm³/mol. The third kappa shape index (κ3) is 4.32. The monoisotopic (exact) mass is 403 g/mol. The average molecular weight is 404 g/mol. The Labute approximate surface area is 168 Å². The molecule has 2 aromatic rings. The molecule has 0 N–H and O–H groups in total. The van der Waals surface area contributed by atoms with E-state index in [1.54, 1.807) is 10.3 Å². The van der Waals surface area contributed by atoms with Crippen LogP contribution in [-0.4, -0.2) is 40.4 Å². The number of rotatable bonds is 8. The molecule has 1 amide bonds. The van der Waals surface area contributed by atoms with E-state index in [1.807, 2.05) is 19.9 Å². The maximum atomic E-state index is 12.5. The molecule has 3 heterocycles. The summed E-state index contributed by atoms with van der Waals surface area (Å²) < 4.78 is 7.27. The lowest BCUT2D eigenvalue weighted by Gasteiger charge is -2.10. The van der Waals surface area contributed by atoms with Crippen molar-refractivity contribution in [3.8, 4) is 0 Å². The zero-order chi connectivity index (χ0) is 20.3. The van der Waals surface area contributed by atoms with Crippen LogP contribution in [0.5, 0.6) is 0 Å². The number of esters is 1. The number of aromatic nitrogens is 2. The van der Waals surface area contributed by atoms with Gasteiger partial charge >= 0.3 is 5.97 Å². The second-order valence-corrected chi connectivity index (χ2v) is 7.80. The van der Waals surface area contributed by atoms with Crippen LogP contribution in [0.4, 0.5) is 5.13 Å². The Balaban J connectivity index is 1.55. The number of hydrogen-bond donors (Lipinski definition) is 0. The zero-order valence-corrected chi connectivity index (χ0v) is 17.3. The van der Waals surface area contributed by atoms with E-state index in [1.165, 1.54) is 11.3 Å². The van der Waals surface area contributed by atoms with E-state index in [2.05, 4.69) is 16.5 Å². The van der Waals surface area contributed by atoms with Crippen LogP contribution in [0.25, 0.3) is 0 Å². The van der Waals surface area contributed by atoms with E-state index in [0.29, 0.717) is 29.4 Å². The van der Waals surface area contributed by atoms with Crippen molar-refractivity contribution in [1.82, 2.24) is 9.55 Å². The van der Waals surface area contributed by atoms with Crippen molar-refractivity contribution in [3.63, 3.8) is 0 Å². The Morgan fingerprint density at radius 3 is 2.79 bits per heavy atom. The van der Waals surface area contributed by atoms with Crippen molar-refractivity contribution in [2.75, 3.05) is 18.1 Å². The molecule has 3 rings (SSSR count). The van der Waals surface area contributed by atoms with E-state index in [-0.39, 0.29) is 24.7 Å². The highest BCUT2D eigenvalue weighted by Crippen LogP contribution is 2.25. The Kier molecular flexibility index (Phi) is 6.28. The first-order chi connectivity index (χ1) is 13.4.